The fourth-order valence-electron chi connectivity index (χ4n) is 2.19. The van der Waals surface area contributed by atoms with E-state index in [1.54, 1.807) is 24.3 Å². The smallest absolute Gasteiger partial charge is 0.255 e. The molecule has 2 aromatic carbocycles. The van der Waals surface area contributed by atoms with E-state index in [4.69, 9.17) is 4.74 Å². The van der Waals surface area contributed by atoms with Crippen LogP contribution in [0.2, 0.25) is 0 Å². The van der Waals surface area contributed by atoms with Gasteiger partial charge in [-0.05, 0) is 42.8 Å². The van der Waals surface area contributed by atoms with Crippen LogP contribution in [-0.4, -0.2) is 28.0 Å². The van der Waals surface area contributed by atoms with E-state index in [2.05, 4.69) is 10.0 Å². The number of hydrogen-bond donors (Lipinski definition) is 2. The second-order valence-corrected chi connectivity index (χ2v) is 7.20. The van der Waals surface area contributed by atoms with Gasteiger partial charge in [0.15, 0.2) is 0 Å². The zero-order valence-corrected chi connectivity index (χ0v) is 15.1. The van der Waals surface area contributed by atoms with Crippen LogP contribution in [0.5, 0.6) is 5.75 Å². The molecule has 1 amide bonds. The monoisotopic (exact) mass is 362 g/mol. The third-order valence-corrected chi connectivity index (χ3v) is 5.08. The molecule has 0 unspecified atom stereocenters. The average molecular weight is 362 g/mol. The molecule has 0 aliphatic rings. The lowest BCUT2D eigenvalue weighted by atomic mass is 10.2. The van der Waals surface area contributed by atoms with Crippen LogP contribution in [0.3, 0.4) is 0 Å². The Morgan fingerprint density at radius 2 is 1.76 bits per heavy atom. The van der Waals surface area contributed by atoms with E-state index in [-0.39, 0.29) is 10.8 Å². The van der Waals surface area contributed by atoms with Crippen molar-refractivity contribution in [2.24, 2.45) is 0 Å². The molecule has 0 aliphatic carbocycles. The topological polar surface area (TPSA) is 84.5 Å². The molecular weight excluding hydrogens is 340 g/mol. The number of para-hydroxylation sites is 2. The molecule has 2 rings (SSSR count). The largest absolute Gasteiger partial charge is 0.495 e. The fraction of sp³-hybridized carbons (Fsp3) is 0.278. The summed E-state index contributed by atoms with van der Waals surface area (Å²) in [4.78, 5) is 12.5. The second kappa shape index (κ2) is 8.64. The summed E-state index contributed by atoms with van der Waals surface area (Å²) in [5.41, 5.74) is 0.909. The first-order valence-electron chi connectivity index (χ1n) is 8.02. The van der Waals surface area contributed by atoms with Crippen molar-refractivity contribution in [3.63, 3.8) is 0 Å². The van der Waals surface area contributed by atoms with Crippen molar-refractivity contribution in [1.29, 1.82) is 0 Å². The summed E-state index contributed by atoms with van der Waals surface area (Å²) in [6.45, 7) is 2.39. The molecule has 2 N–H and O–H groups in total. The highest BCUT2D eigenvalue weighted by atomic mass is 32.2. The Morgan fingerprint density at radius 1 is 1.08 bits per heavy atom. The number of amides is 1. The highest BCUT2D eigenvalue weighted by Gasteiger charge is 2.15. The van der Waals surface area contributed by atoms with Crippen LogP contribution in [0, 0.1) is 0 Å². The lowest BCUT2D eigenvalue weighted by Gasteiger charge is -2.10. The average Bonchev–Trinajstić information content (AvgIpc) is 2.62. The molecule has 0 aliphatic heterocycles. The lowest BCUT2D eigenvalue weighted by Crippen LogP contribution is -2.24. The van der Waals surface area contributed by atoms with Gasteiger partial charge in [-0.2, -0.15) is 0 Å². The van der Waals surface area contributed by atoms with Gasteiger partial charge in [0, 0.05) is 12.1 Å². The van der Waals surface area contributed by atoms with Gasteiger partial charge in [-0.1, -0.05) is 25.5 Å². The SMILES string of the molecule is CCCCNS(=O)(=O)c1ccc(C(=O)Nc2ccccc2OC)cc1. The maximum atomic E-state index is 12.3. The molecule has 6 nitrogen and oxygen atoms in total. The third-order valence-electron chi connectivity index (χ3n) is 3.60. The first-order valence-corrected chi connectivity index (χ1v) is 9.50. The van der Waals surface area contributed by atoms with E-state index in [1.165, 1.54) is 31.4 Å². The van der Waals surface area contributed by atoms with Gasteiger partial charge in [-0.3, -0.25) is 4.79 Å². The quantitative estimate of drug-likeness (QED) is 0.707. The van der Waals surface area contributed by atoms with Crippen molar-refractivity contribution in [3.05, 3.63) is 54.1 Å². The molecular formula is C18H22N2O4S. The second-order valence-electron chi connectivity index (χ2n) is 5.43. The molecule has 0 spiro atoms. The lowest BCUT2D eigenvalue weighted by molar-refractivity contribution is 0.102. The van der Waals surface area contributed by atoms with E-state index in [0.29, 0.717) is 23.5 Å². The number of unbranched alkanes of at least 4 members (excludes halogenated alkanes) is 1. The van der Waals surface area contributed by atoms with Crippen LogP contribution >= 0.6 is 0 Å². The summed E-state index contributed by atoms with van der Waals surface area (Å²) in [6, 6.07) is 12.9. The minimum absolute atomic E-state index is 0.137. The molecule has 134 valence electrons. The molecule has 0 aromatic heterocycles. The molecule has 0 fully saturated rings. The molecule has 0 heterocycles. The van der Waals surface area contributed by atoms with E-state index in [1.807, 2.05) is 6.92 Å². The summed E-state index contributed by atoms with van der Waals surface area (Å²) < 4.78 is 32.0. The number of hydrogen-bond acceptors (Lipinski definition) is 4. The Bertz CT molecular complexity index is 817. The molecule has 25 heavy (non-hydrogen) atoms. The zero-order chi connectivity index (χ0) is 18.3. The van der Waals surface area contributed by atoms with Crippen LogP contribution in [0.1, 0.15) is 30.1 Å². The molecule has 2 aromatic rings. The number of sulfonamides is 1. The van der Waals surface area contributed by atoms with E-state index < -0.39 is 10.0 Å². The van der Waals surface area contributed by atoms with Crippen LogP contribution in [0.15, 0.2) is 53.4 Å². The summed E-state index contributed by atoms with van der Waals surface area (Å²) in [5, 5.41) is 2.75. The van der Waals surface area contributed by atoms with Crippen molar-refractivity contribution in [2.45, 2.75) is 24.7 Å². The summed E-state index contributed by atoms with van der Waals surface area (Å²) in [5.74, 6) is 0.211. The van der Waals surface area contributed by atoms with Gasteiger partial charge in [-0.15, -0.1) is 0 Å². The Labute approximate surface area is 148 Å². The molecule has 7 heteroatoms. The normalized spacial score (nSPS) is 11.1. The van der Waals surface area contributed by atoms with Gasteiger partial charge in [0.2, 0.25) is 10.0 Å². The number of benzene rings is 2. The Balaban J connectivity index is 2.10. The van der Waals surface area contributed by atoms with E-state index in [0.717, 1.165) is 12.8 Å². The molecule has 0 saturated heterocycles. The molecule has 0 radical (unpaired) electrons. The van der Waals surface area contributed by atoms with Gasteiger partial charge in [-0.25, -0.2) is 13.1 Å². The first kappa shape index (κ1) is 19.0. The number of methoxy groups -OCH3 is 1. The van der Waals surface area contributed by atoms with Crippen LogP contribution in [-0.2, 0) is 10.0 Å². The highest BCUT2D eigenvalue weighted by Crippen LogP contribution is 2.23. The Morgan fingerprint density at radius 3 is 2.40 bits per heavy atom. The molecule has 0 bridgehead atoms. The number of carbonyl (C=O) groups excluding carboxylic acids is 1. The van der Waals surface area contributed by atoms with Gasteiger partial charge < -0.3 is 10.1 Å². The maximum Gasteiger partial charge on any atom is 0.255 e. The van der Waals surface area contributed by atoms with Crippen molar-refractivity contribution in [1.82, 2.24) is 4.72 Å². The number of ether oxygens (including phenoxy) is 1. The van der Waals surface area contributed by atoms with Gasteiger partial charge in [0.05, 0.1) is 17.7 Å². The minimum atomic E-state index is -3.55. The molecule has 0 saturated carbocycles. The van der Waals surface area contributed by atoms with Crippen molar-refractivity contribution in [3.8, 4) is 5.75 Å². The standard InChI is InChI=1S/C18H22N2O4S/c1-3-4-13-19-25(22,23)15-11-9-14(10-12-15)18(21)20-16-7-5-6-8-17(16)24-2/h5-12,19H,3-4,13H2,1-2H3,(H,20,21). The number of carbonyl (C=O) groups is 1. The number of anilines is 1. The van der Waals surface area contributed by atoms with Crippen molar-refractivity contribution >= 4 is 21.6 Å². The predicted octanol–water partition coefficient (Wildman–Crippen LogP) is 3.03. The summed E-state index contributed by atoms with van der Waals surface area (Å²) in [6.07, 6.45) is 1.68. The van der Waals surface area contributed by atoms with Gasteiger partial charge >= 0.3 is 0 Å². The predicted molar refractivity (Wildman–Crippen MR) is 97.5 cm³/mol. The van der Waals surface area contributed by atoms with E-state index >= 15 is 0 Å². The Hall–Kier alpha value is -2.38. The van der Waals surface area contributed by atoms with E-state index in [9.17, 15) is 13.2 Å². The third kappa shape index (κ3) is 5.04. The van der Waals surface area contributed by atoms with Gasteiger partial charge in [0.1, 0.15) is 5.75 Å². The minimum Gasteiger partial charge on any atom is -0.495 e. The van der Waals surface area contributed by atoms with Gasteiger partial charge in [0.25, 0.3) is 5.91 Å². The van der Waals surface area contributed by atoms with Crippen LogP contribution < -0.4 is 14.8 Å². The van der Waals surface area contributed by atoms with Crippen LogP contribution in [0.4, 0.5) is 5.69 Å². The van der Waals surface area contributed by atoms with Crippen molar-refractivity contribution in [2.75, 3.05) is 19.0 Å². The fourth-order valence-corrected chi connectivity index (χ4v) is 3.27. The first-order chi connectivity index (χ1) is 12.0. The van der Waals surface area contributed by atoms with Crippen molar-refractivity contribution < 1.29 is 17.9 Å². The summed E-state index contributed by atoms with van der Waals surface area (Å²) >= 11 is 0. The maximum absolute atomic E-state index is 12.3. The van der Waals surface area contributed by atoms with Crippen LogP contribution in [0.25, 0.3) is 0 Å². The number of nitrogens with one attached hydrogen (secondary N) is 2. The summed E-state index contributed by atoms with van der Waals surface area (Å²) in [7, 11) is -2.02. The molecule has 0 atom stereocenters. The highest BCUT2D eigenvalue weighted by molar-refractivity contribution is 7.89. The Kier molecular flexibility index (Phi) is 6.55. The number of rotatable bonds is 8. The zero-order valence-electron chi connectivity index (χ0n) is 14.3.